The molecule has 2 aromatic rings. The quantitative estimate of drug-likeness (QED) is 0.891. The van der Waals surface area contributed by atoms with Crippen molar-refractivity contribution in [2.24, 2.45) is 5.73 Å². The molecular weight excluding hydrogens is 226 g/mol. The second-order valence-electron chi connectivity index (χ2n) is 3.16. The molecule has 3 nitrogen and oxygen atoms in total. The summed E-state index contributed by atoms with van der Waals surface area (Å²) in [6.45, 7) is 2.80. The maximum absolute atomic E-state index is 5.48. The Balaban J connectivity index is 2.21. The average Bonchev–Trinajstić information content (AvgIpc) is 2.85. The van der Waals surface area contributed by atoms with Crippen LogP contribution in [0.3, 0.4) is 0 Å². The smallest absolute Gasteiger partial charge is 0.157 e. The lowest BCUT2D eigenvalue weighted by molar-refractivity contribution is 0.914. The van der Waals surface area contributed by atoms with E-state index in [0.29, 0.717) is 6.54 Å². The van der Waals surface area contributed by atoms with Crippen molar-refractivity contribution >= 4 is 22.7 Å². The van der Waals surface area contributed by atoms with Gasteiger partial charge in [0.15, 0.2) is 5.01 Å². The number of aromatic nitrogens is 2. The Hall–Kier alpha value is -0.780. The van der Waals surface area contributed by atoms with Crippen LogP contribution in [-0.4, -0.2) is 16.7 Å². The third-order valence-corrected chi connectivity index (χ3v) is 4.43. The van der Waals surface area contributed by atoms with Gasteiger partial charge in [-0.2, -0.15) is 0 Å². The van der Waals surface area contributed by atoms with Gasteiger partial charge in [-0.05, 0) is 25.1 Å². The van der Waals surface area contributed by atoms with E-state index in [2.05, 4.69) is 29.3 Å². The van der Waals surface area contributed by atoms with Crippen molar-refractivity contribution in [2.45, 2.75) is 19.8 Å². The van der Waals surface area contributed by atoms with E-state index in [1.807, 2.05) is 0 Å². The van der Waals surface area contributed by atoms with Gasteiger partial charge >= 0.3 is 0 Å². The highest BCUT2D eigenvalue weighted by Gasteiger charge is 2.08. The Morgan fingerprint density at radius 3 is 2.80 bits per heavy atom. The summed E-state index contributed by atoms with van der Waals surface area (Å²) in [7, 11) is 0. The number of nitrogens with two attached hydrogens (primary N) is 1. The first-order valence-corrected chi connectivity index (χ1v) is 6.58. The van der Waals surface area contributed by atoms with E-state index < -0.39 is 0 Å². The molecule has 0 aliphatic carbocycles. The van der Waals surface area contributed by atoms with Gasteiger partial charge in [-0.15, -0.1) is 21.5 Å². The third-order valence-electron chi connectivity index (χ3n) is 2.05. The molecule has 0 radical (unpaired) electrons. The van der Waals surface area contributed by atoms with Crippen LogP contribution < -0.4 is 5.73 Å². The predicted octanol–water partition coefficient (Wildman–Crippen LogP) is 2.33. The summed E-state index contributed by atoms with van der Waals surface area (Å²) in [6.07, 6.45) is 1.91. The lowest BCUT2D eigenvalue weighted by atomic mass is 10.4. The van der Waals surface area contributed by atoms with Gasteiger partial charge in [0.25, 0.3) is 0 Å². The fraction of sp³-hybridized carbons (Fsp3) is 0.400. The van der Waals surface area contributed by atoms with Crippen LogP contribution >= 0.6 is 22.7 Å². The van der Waals surface area contributed by atoms with E-state index >= 15 is 0 Å². The molecule has 0 amide bonds. The molecule has 0 spiro atoms. The maximum Gasteiger partial charge on any atom is 0.157 e. The van der Waals surface area contributed by atoms with Crippen LogP contribution in [0.4, 0.5) is 0 Å². The zero-order valence-electron chi connectivity index (χ0n) is 8.56. The molecule has 2 N–H and O–H groups in total. The number of aryl methyl sites for hydroxylation is 1. The van der Waals surface area contributed by atoms with Crippen molar-refractivity contribution in [1.29, 1.82) is 0 Å². The summed E-state index contributed by atoms with van der Waals surface area (Å²) in [5, 5.41) is 10.3. The standard InChI is InChI=1S/C10H13N3S2/c1-2-7-3-4-8(14-7)10-13-12-9(15-10)5-6-11/h3-4H,2,5-6,11H2,1H3. The largest absolute Gasteiger partial charge is 0.330 e. The lowest BCUT2D eigenvalue weighted by Crippen LogP contribution is -2.01. The molecule has 0 aliphatic heterocycles. The minimum absolute atomic E-state index is 0.638. The molecule has 15 heavy (non-hydrogen) atoms. The molecule has 0 saturated heterocycles. The summed E-state index contributed by atoms with van der Waals surface area (Å²) in [5.74, 6) is 0. The predicted molar refractivity (Wildman–Crippen MR) is 65.4 cm³/mol. The fourth-order valence-electron chi connectivity index (χ4n) is 1.26. The SMILES string of the molecule is CCc1ccc(-c2nnc(CCN)s2)s1. The zero-order chi connectivity index (χ0) is 10.7. The first-order chi connectivity index (χ1) is 7.33. The molecule has 2 rings (SSSR count). The molecule has 2 aromatic heterocycles. The van der Waals surface area contributed by atoms with E-state index in [-0.39, 0.29) is 0 Å². The van der Waals surface area contributed by atoms with Crippen LogP contribution in [0, 0.1) is 0 Å². The molecule has 0 aliphatic rings. The van der Waals surface area contributed by atoms with E-state index in [4.69, 9.17) is 5.73 Å². The topological polar surface area (TPSA) is 51.8 Å². The van der Waals surface area contributed by atoms with Gasteiger partial charge in [0.1, 0.15) is 5.01 Å². The third kappa shape index (κ3) is 2.42. The molecule has 2 heterocycles. The minimum atomic E-state index is 0.638. The highest BCUT2D eigenvalue weighted by Crippen LogP contribution is 2.30. The number of hydrogen-bond acceptors (Lipinski definition) is 5. The number of rotatable bonds is 4. The van der Waals surface area contributed by atoms with Crippen molar-refractivity contribution in [2.75, 3.05) is 6.54 Å². The Labute approximate surface area is 97.0 Å². The van der Waals surface area contributed by atoms with Crippen LogP contribution in [0.5, 0.6) is 0 Å². The monoisotopic (exact) mass is 239 g/mol. The van der Waals surface area contributed by atoms with Gasteiger partial charge in [-0.25, -0.2) is 0 Å². The summed E-state index contributed by atoms with van der Waals surface area (Å²) in [4.78, 5) is 2.60. The van der Waals surface area contributed by atoms with Gasteiger partial charge in [0.2, 0.25) is 0 Å². The summed E-state index contributed by atoms with van der Waals surface area (Å²) in [6, 6.07) is 4.28. The van der Waals surface area contributed by atoms with E-state index in [9.17, 15) is 0 Å². The molecule has 0 bridgehead atoms. The lowest BCUT2D eigenvalue weighted by Gasteiger charge is -1.87. The summed E-state index contributed by atoms with van der Waals surface area (Å²) >= 11 is 3.44. The molecule has 0 atom stereocenters. The van der Waals surface area contributed by atoms with E-state index in [1.165, 1.54) is 9.75 Å². The number of thiophene rings is 1. The van der Waals surface area contributed by atoms with Crippen molar-refractivity contribution in [3.8, 4) is 9.88 Å². The van der Waals surface area contributed by atoms with Crippen molar-refractivity contribution < 1.29 is 0 Å². The molecule has 0 saturated carbocycles. The Bertz CT molecular complexity index is 433. The second kappa shape index (κ2) is 4.83. The van der Waals surface area contributed by atoms with Crippen LogP contribution in [0.25, 0.3) is 9.88 Å². The first-order valence-electron chi connectivity index (χ1n) is 4.95. The van der Waals surface area contributed by atoms with E-state index in [1.54, 1.807) is 22.7 Å². The average molecular weight is 239 g/mol. The van der Waals surface area contributed by atoms with Crippen LogP contribution in [-0.2, 0) is 12.8 Å². The molecule has 5 heteroatoms. The summed E-state index contributed by atoms with van der Waals surface area (Å²) < 4.78 is 0. The molecule has 80 valence electrons. The molecule has 0 unspecified atom stereocenters. The van der Waals surface area contributed by atoms with Gasteiger partial charge in [-0.1, -0.05) is 18.3 Å². The Morgan fingerprint density at radius 1 is 1.27 bits per heavy atom. The fourth-order valence-corrected chi connectivity index (χ4v) is 3.11. The number of nitrogens with zero attached hydrogens (tertiary/aromatic N) is 2. The van der Waals surface area contributed by atoms with Gasteiger partial charge in [0, 0.05) is 11.3 Å². The normalized spacial score (nSPS) is 10.8. The first kappa shape index (κ1) is 10.7. The molecule has 0 aromatic carbocycles. The van der Waals surface area contributed by atoms with Crippen LogP contribution in [0.15, 0.2) is 12.1 Å². The van der Waals surface area contributed by atoms with Gasteiger partial charge < -0.3 is 5.73 Å². The van der Waals surface area contributed by atoms with Crippen molar-refractivity contribution in [3.63, 3.8) is 0 Å². The van der Waals surface area contributed by atoms with Crippen molar-refractivity contribution in [1.82, 2.24) is 10.2 Å². The second-order valence-corrected chi connectivity index (χ2v) is 5.39. The Morgan fingerprint density at radius 2 is 2.13 bits per heavy atom. The Kier molecular flexibility index (Phi) is 3.45. The highest BCUT2D eigenvalue weighted by molar-refractivity contribution is 7.21. The van der Waals surface area contributed by atoms with Gasteiger partial charge in [-0.3, -0.25) is 0 Å². The molecule has 0 fully saturated rings. The van der Waals surface area contributed by atoms with E-state index in [0.717, 1.165) is 22.9 Å². The van der Waals surface area contributed by atoms with Crippen LogP contribution in [0.1, 0.15) is 16.8 Å². The summed E-state index contributed by atoms with van der Waals surface area (Å²) in [5.41, 5.74) is 5.48. The molecular formula is C10H13N3S2. The highest BCUT2D eigenvalue weighted by atomic mass is 32.1. The van der Waals surface area contributed by atoms with Crippen molar-refractivity contribution in [3.05, 3.63) is 22.0 Å². The zero-order valence-corrected chi connectivity index (χ0v) is 10.2. The minimum Gasteiger partial charge on any atom is -0.330 e. The van der Waals surface area contributed by atoms with Gasteiger partial charge in [0.05, 0.1) is 4.88 Å². The van der Waals surface area contributed by atoms with Crippen LogP contribution in [0.2, 0.25) is 0 Å². The maximum atomic E-state index is 5.48. The number of hydrogen-bond donors (Lipinski definition) is 1.